The second-order valence-electron chi connectivity index (χ2n) is 4.96. The zero-order valence-corrected chi connectivity index (χ0v) is 11.3. The molecule has 3 N–H and O–H groups in total. The standard InChI is InChI=1S/C12H15O7P/c13-6-12-7-17-10(11(12)19-20(14,15)16)9(18-12)8-4-2-1-3-5-8/h1-5,9-11,13H,6-7H2,(H2,14,15,16)/t9-,10-,11-,12-/m0/s1. The lowest BCUT2D eigenvalue weighted by Gasteiger charge is -2.29. The van der Waals surface area contributed by atoms with Gasteiger partial charge in [0.25, 0.3) is 0 Å². The second kappa shape index (κ2) is 4.89. The predicted molar refractivity (Wildman–Crippen MR) is 66.7 cm³/mol. The Bertz CT molecular complexity index is 530. The molecule has 1 aromatic rings. The van der Waals surface area contributed by atoms with Crippen molar-refractivity contribution < 1.29 is 33.5 Å². The zero-order chi connectivity index (χ0) is 14.4. The summed E-state index contributed by atoms with van der Waals surface area (Å²) in [6, 6.07) is 9.16. The second-order valence-corrected chi connectivity index (χ2v) is 6.16. The summed E-state index contributed by atoms with van der Waals surface area (Å²) in [4.78, 5) is 18.0. The number of rotatable bonds is 4. The minimum atomic E-state index is -4.69. The van der Waals surface area contributed by atoms with Crippen LogP contribution in [0.15, 0.2) is 30.3 Å². The molecule has 0 saturated carbocycles. The maximum Gasteiger partial charge on any atom is 0.470 e. The van der Waals surface area contributed by atoms with Crippen molar-refractivity contribution in [2.45, 2.75) is 23.9 Å². The van der Waals surface area contributed by atoms with Gasteiger partial charge in [-0.3, -0.25) is 4.52 Å². The Kier molecular flexibility index (Phi) is 3.46. The number of phosphoric ester groups is 1. The van der Waals surface area contributed by atoms with E-state index < -0.39 is 38.3 Å². The summed E-state index contributed by atoms with van der Waals surface area (Å²) in [5.41, 5.74) is -0.418. The van der Waals surface area contributed by atoms with Crippen molar-refractivity contribution in [2.75, 3.05) is 13.2 Å². The molecule has 2 fully saturated rings. The van der Waals surface area contributed by atoms with E-state index in [9.17, 15) is 9.67 Å². The van der Waals surface area contributed by atoms with Crippen molar-refractivity contribution >= 4 is 7.82 Å². The van der Waals surface area contributed by atoms with Crippen LogP contribution in [0.1, 0.15) is 11.7 Å². The number of ether oxygens (including phenoxy) is 2. The fourth-order valence-corrected chi connectivity index (χ4v) is 3.36. The van der Waals surface area contributed by atoms with Crippen molar-refractivity contribution in [1.29, 1.82) is 0 Å². The SMILES string of the molecule is O=P(O)(O)O[C@H]1[C@H]2OC[C@]1(CO)O[C@H]2c1ccccc1. The minimum absolute atomic E-state index is 0.0438. The Morgan fingerprint density at radius 3 is 2.65 bits per heavy atom. The lowest BCUT2D eigenvalue weighted by atomic mass is 9.98. The van der Waals surface area contributed by atoms with Crippen molar-refractivity contribution in [3.05, 3.63) is 35.9 Å². The highest BCUT2D eigenvalue weighted by Crippen LogP contribution is 2.53. The number of fused-ring (bicyclic) bond motifs is 2. The lowest BCUT2D eigenvalue weighted by Crippen LogP contribution is -2.44. The van der Waals surface area contributed by atoms with E-state index in [1.54, 1.807) is 0 Å². The molecule has 8 heteroatoms. The van der Waals surface area contributed by atoms with Gasteiger partial charge in [0.2, 0.25) is 0 Å². The molecule has 7 nitrogen and oxygen atoms in total. The number of aliphatic hydroxyl groups excluding tert-OH is 1. The molecular formula is C12H15O7P. The van der Waals surface area contributed by atoms with Gasteiger partial charge in [-0.2, -0.15) is 0 Å². The number of hydrogen-bond donors (Lipinski definition) is 3. The highest BCUT2D eigenvalue weighted by molar-refractivity contribution is 7.46. The normalized spacial score (nSPS) is 36.5. The molecule has 0 radical (unpaired) electrons. The molecule has 20 heavy (non-hydrogen) atoms. The highest BCUT2D eigenvalue weighted by Gasteiger charge is 2.63. The number of benzene rings is 1. The molecule has 0 aromatic heterocycles. The Balaban J connectivity index is 1.91. The maximum atomic E-state index is 11.1. The van der Waals surface area contributed by atoms with E-state index in [-0.39, 0.29) is 6.61 Å². The van der Waals surface area contributed by atoms with E-state index in [0.717, 1.165) is 5.56 Å². The number of phosphoric acid groups is 1. The molecule has 2 aliphatic heterocycles. The molecule has 110 valence electrons. The van der Waals surface area contributed by atoms with Gasteiger partial charge in [-0.15, -0.1) is 0 Å². The van der Waals surface area contributed by atoms with Crippen LogP contribution in [0.4, 0.5) is 0 Å². The van der Waals surface area contributed by atoms with Gasteiger partial charge in [0.15, 0.2) is 0 Å². The topological polar surface area (TPSA) is 105 Å². The van der Waals surface area contributed by atoms with E-state index in [1.165, 1.54) is 0 Å². The summed E-state index contributed by atoms with van der Waals surface area (Å²) in [6.07, 6.45) is -2.18. The van der Waals surface area contributed by atoms with Gasteiger partial charge in [0.1, 0.15) is 23.9 Å². The zero-order valence-electron chi connectivity index (χ0n) is 10.5. The Hall–Kier alpha value is -0.790. The van der Waals surface area contributed by atoms with Crippen LogP contribution in [0.25, 0.3) is 0 Å². The van der Waals surface area contributed by atoms with Crippen LogP contribution in [0.5, 0.6) is 0 Å². The molecule has 2 aliphatic rings. The molecule has 0 aliphatic carbocycles. The minimum Gasteiger partial charge on any atom is -0.393 e. The predicted octanol–water partition coefficient (Wildman–Crippen LogP) is 0.366. The van der Waals surface area contributed by atoms with Crippen LogP contribution < -0.4 is 0 Å². The van der Waals surface area contributed by atoms with Crippen LogP contribution in [-0.4, -0.2) is 45.9 Å². The quantitative estimate of drug-likeness (QED) is 0.690. The van der Waals surface area contributed by atoms with Gasteiger partial charge in [-0.05, 0) is 5.56 Å². The van der Waals surface area contributed by atoms with E-state index in [1.807, 2.05) is 30.3 Å². The van der Waals surface area contributed by atoms with Crippen molar-refractivity contribution in [3.8, 4) is 0 Å². The number of hydrogen-bond acceptors (Lipinski definition) is 5. The molecule has 3 rings (SSSR count). The third-order valence-electron chi connectivity index (χ3n) is 3.64. The lowest BCUT2D eigenvalue weighted by molar-refractivity contribution is -0.162. The third-order valence-corrected chi connectivity index (χ3v) is 4.15. The first-order valence-electron chi connectivity index (χ1n) is 6.14. The van der Waals surface area contributed by atoms with Crippen LogP contribution in [0, 0.1) is 0 Å². The highest BCUT2D eigenvalue weighted by atomic mass is 31.2. The van der Waals surface area contributed by atoms with Crippen molar-refractivity contribution in [1.82, 2.24) is 0 Å². The summed E-state index contributed by atoms with van der Waals surface area (Å²) in [5.74, 6) is 0. The van der Waals surface area contributed by atoms with E-state index in [4.69, 9.17) is 23.8 Å². The van der Waals surface area contributed by atoms with Gasteiger partial charge in [-0.25, -0.2) is 4.57 Å². The van der Waals surface area contributed by atoms with Gasteiger partial charge in [-0.1, -0.05) is 30.3 Å². The number of aliphatic hydroxyl groups is 1. The molecule has 4 atom stereocenters. The van der Waals surface area contributed by atoms with Gasteiger partial charge < -0.3 is 24.4 Å². The van der Waals surface area contributed by atoms with Gasteiger partial charge >= 0.3 is 7.82 Å². The van der Waals surface area contributed by atoms with Crippen LogP contribution >= 0.6 is 7.82 Å². The first-order valence-corrected chi connectivity index (χ1v) is 7.67. The summed E-state index contributed by atoms with van der Waals surface area (Å²) >= 11 is 0. The molecule has 0 amide bonds. The Labute approximate surface area is 115 Å². The maximum absolute atomic E-state index is 11.1. The van der Waals surface area contributed by atoms with Crippen molar-refractivity contribution in [3.63, 3.8) is 0 Å². The Morgan fingerprint density at radius 1 is 1.35 bits per heavy atom. The van der Waals surface area contributed by atoms with E-state index in [0.29, 0.717) is 0 Å². The summed E-state index contributed by atoms with van der Waals surface area (Å²) in [6.45, 7) is -0.389. The molecule has 2 heterocycles. The molecule has 2 bridgehead atoms. The van der Waals surface area contributed by atoms with Crippen molar-refractivity contribution in [2.24, 2.45) is 0 Å². The van der Waals surface area contributed by atoms with E-state index in [2.05, 4.69) is 0 Å². The monoisotopic (exact) mass is 302 g/mol. The van der Waals surface area contributed by atoms with Crippen LogP contribution in [0.3, 0.4) is 0 Å². The van der Waals surface area contributed by atoms with Crippen LogP contribution in [-0.2, 0) is 18.6 Å². The molecular weight excluding hydrogens is 287 g/mol. The van der Waals surface area contributed by atoms with E-state index >= 15 is 0 Å². The largest absolute Gasteiger partial charge is 0.470 e. The summed E-state index contributed by atoms with van der Waals surface area (Å²) in [5, 5.41) is 9.54. The molecule has 0 spiro atoms. The molecule has 2 saturated heterocycles. The fraction of sp³-hybridized carbons (Fsp3) is 0.500. The Morgan fingerprint density at radius 2 is 2.05 bits per heavy atom. The molecule has 0 unspecified atom stereocenters. The summed E-state index contributed by atoms with van der Waals surface area (Å²) in [7, 11) is -4.69. The summed E-state index contributed by atoms with van der Waals surface area (Å²) < 4.78 is 27.2. The average molecular weight is 302 g/mol. The third kappa shape index (κ3) is 2.31. The first-order chi connectivity index (χ1) is 9.45. The van der Waals surface area contributed by atoms with Gasteiger partial charge in [0.05, 0.1) is 13.2 Å². The molecule has 1 aromatic carbocycles. The average Bonchev–Trinajstić information content (AvgIpc) is 2.91. The first kappa shape index (κ1) is 14.2. The fourth-order valence-electron chi connectivity index (χ4n) is 2.75. The smallest absolute Gasteiger partial charge is 0.393 e. The van der Waals surface area contributed by atoms with Crippen LogP contribution in [0.2, 0.25) is 0 Å². The van der Waals surface area contributed by atoms with Gasteiger partial charge in [0, 0.05) is 0 Å².